The molecule has 0 bridgehead atoms. The van der Waals surface area contributed by atoms with Crippen molar-refractivity contribution in [2.45, 2.75) is 88.2 Å². The number of likely N-dealkylation sites (N-methyl/N-ethyl adjacent to an activating group) is 1. The van der Waals surface area contributed by atoms with Gasteiger partial charge in [0.25, 0.3) is 0 Å². The molecule has 12 nitrogen and oxygen atoms in total. The zero-order valence-corrected chi connectivity index (χ0v) is 26.9. The first-order chi connectivity index (χ1) is 20.2. The highest BCUT2D eigenvalue weighted by Gasteiger charge is 2.66. The van der Waals surface area contributed by atoms with E-state index in [4.69, 9.17) is 5.73 Å². The molecule has 1 heterocycles. The van der Waals surface area contributed by atoms with E-state index in [0.717, 1.165) is 18.5 Å². The third kappa shape index (κ3) is 4.86. The first kappa shape index (κ1) is 32.2. The molecule has 0 aromatic heterocycles. The molecule has 4 aliphatic rings. The topological polar surface area (TPSA) is 189 Å². The highest BCUT2D eigenvalue weighted by Crippen LogP contribution is 2.54. The molecule has 0 spiro atoms. The number of carbonyl (C=O) groups is 3. The Bertz CT molecular complexity index is 1430. The summed E-state index contributed by atoms with van der Waals surface area (Å²) >= 11 is 0. The Morgan fingerprint density at radius 1 is 1.07 bits per heavy atom. The van der Waals surface area contributed by atoms with E-state index < -0.39 is 58.7 Å². The van der Waals surface area contributed by atoms with Gasteiger partial charge in [-0.05, 0) is 85.0 Å². The Morgan fingerprint density at radius 2 is 1.66 bits per heavy atom. The predicted molar refractivity (Wildman–Crippen MR) is 166 cm³/mol. The maximum atomic E-state index is 14.3. The van der Waals surface area contributed by atoms with E-state index in [2.05, 4.69) is 38.3 Å². The summed E-state index contributed by atoms with van der Waals surface area (Å²) in [5, 5.41) is 53.4. The molecule has 44 heavy (non-hydrogen) atoms. The van der Waals surface area contributed by atoms with E-state index in [0.29, 0.717) is 11.3 Å². The number of aliphatic hydroxyl groups excluding tert-OH is 2. The van der Waals surface area contributed by atoms with Crippen LogP contribution in [0.15, 0.2) is 17.4 Å². The lowest BCUT2D eigenvalue weighted by Crippen LogP contribution is -2.71. The molecular formula is C32H47N5O7. The molecule has 1 aromatic carbocycles. The lowest BCUT2D eigenvalue weighted by Gasteiger charge is -2.53. The SMILES string of the molecule is CN(C)c1cc(NC2CC(C)(C)NC(C)(C)C2)c(O)c2c1C[C@H]1C[C@H]3[C@H](N(C)C)C(O)C(C(N)=O)C(=O)[C@@]3(O)C(O)=C1C2=O. The summed E-state index contributed by atoms with van der Waals surface area (Å²) in [6.07, 6.45) is 0.336. The van der Waals surface area contributed by atoms with Crippen LogP contribution in [0.3, 0.4) is 0 Å². The smallest absolute Gasteiger partial charge is 0.230 e. The zero-order chi connectivity index (χ0) is 32.8. The van der Waals surface area contributed by atoms with Crippen LogP contribution in [0, 0.1) is 17.8 Å². The Balaban J connectivity index is 1.64. The third-order valence-electron chi connectivity index (χ3n) is 10.1. The number of fused-ring (bicyclic) bond motifs is 3. The number of amides is 1. The van der Waals surface area contributed by atoms with Gasteiger partial charge in [-0.1, -0.05) is 0 Å². The minimum Gasteiger partial charge on any atom is -0.508 e. The number of nitrogens with zero attached hydrogens (tertiary/aromatic N) is 2. The summed E-state index contributed by atoms with van der Waals surface area (Å²) in [4.78, 5) is 43.7. The fraction of sp³-hybridized carbons (Fsp3) is 0.656. The molecule has 5 rings (SSSR count). The minimum atomic E-state index is -2.62. The lowest BCUT2D eigenvalue weighted by molar-refractivity contribution is -0.178. The van der Waals surface area contributed by atoms with E-state index in [9.17, 15) is 34.8 Å². The fourth-order valence-corrected chi connectivity index (χ4v) is 8.81. The molecule has 8 N–H and O–H groups in total. The van der Waals surface area contributed by atoms with Crippen LogP contribution >= 0.6 is 0 Å². The van der Waals surface area contributed by atoms with Crippen LogP contribution in [0.2, 0.25) is 0 Å². The van der Waals surface area contributed by atoms with Crippen LogP contribution in [0.1, 0.15) is 62.9 Å². The van der Waals surface area contributed by atoms with Crippen molar-refractivity contribution in [2.24, 2.45) is 23.5 Å². The number of hydrogen-bond donors (Lipinski definition) is 7. The predicted octanol–water partition coefficient (Wildman–Crippen LogP) is 1.07. The summed E-state index contributed by atoms with van der Waals surface area (Å²) in [6.45, 7) is 8.48. The Kier molecular flexibility index (Phi) is 7.64. The minimum absolute atomic E-state index is 0.00455. The molecule has 12 heteroatoms. The molecule has 3 aliphatic carbocycles. The number of Topliss-reactive ketones (excluding diaryl/α,β-unsaturated/α-hetero) is 2. The molecule has 6 atom stereocenters. The van der Waals surface area contributed by atoms with Gasteiger partial charge < -0.3 is 46.6 Å². The second-order valence-corrected chi connectivity index (χ2v) is 15.0. The van der Waals surface area contributed by atoms with Gasteiger partial charge in [-0.2, -0.15) is 0 Å². The van der Waals surface area contributed by atoms with E-state index in [1.54, 1.807) is 19.0 Å². The van der Waals surface area contributed by atoms with Crippen LogP contribution in [0.5, 0.6) is 5.75 Å². The van der Waals surface area contributed by atoms with Gasteiger partial charge in [0.2, 0.25) is 5.91 Å². The second kappa shape index (κ2) is 10.4. The van der Waals surface area contributed by atoms with Gasteiger partial charge in [0, 0.05) is 54.4 Å². The number of phenols is 1. The van der Waals surface area contributed by atoms with Crippen molar-refractivity contribution in [3.8, 4) is 5.75 Å². The van der Waals surface area contributed by atoms with E-state index in [1.165, 1.54) is 0 Å². The standard InChI is InChI=1S/C32H47N5O7/c1-30(2)12-15(13-31(3,4)35-30)34-18-11-19(36(5)6)16-9-14-10-17-23(37(7)8)26(40)22(29(33)43)28(42)32(17,44)27(41)20(14)25(39)21(16)24(18)38/h11,14-15,17,22-23,26,34-35,38,40-41,44H,9-10,12-13H2,1-8H3,(H2,33,43)/t14-,17-,22?,23-,26?,32-/m0/s1. The summed E-state index contributed by atoms with van der Waals surface area (Å²) in [6, 6.07) is 0.906. The Hall–Kier alpha value is -3.19. The monoisotopic (exact) mass is 613 g/mol. The highest BCUT2D eigenvalue weighted by atomic mass is 16.3. The number of rotatable bonds is 5. The average molecular weight is 614 g/mol. The number of anilines is 2. The number of nitrogens with two attached hydrogens (primary N) is 1. The molecule has 2 unspecified atom stereocenters. The molecule has 1 amide bonds. The number of allylic oxidation sites excluding steroid dienone is 1. The number of aliphatic hydroxyl groups is 3. The van der Waals surface area contributed by atoms with Gasteiger partial charge in [0.15, 0.2) is 17.2 Å². The number of ketones is 2. The molecule has 2 fully saturated rings. The normalized spacial score (nSPS) is 33.0. The quantitative estimate of drug-likeness (QED) is 0.186. The van der Waals surface area contributed by atoms with Gasteiger partial charge >= 0.3 is 0 Å². The third-order valence-corrected chi connectivity index (χ3v) is 10.1. The number of carbonyl (C=O) groups excluding carboxylic acids is 3. The summed E-state index contributed by atoms with van der Waals surface area (Å²) in [5.41, 5.74) is 4.06. The molecule has 1 saturated carbocycles. The Morgan fingerprint density at radius 3 is 2.18 bits per heavy atom. The average Bonchev–Trinajstić information content (AvgIpc) is 2.85. The van der Waals surface area contributed by atoms with Crippen LogP contribution in [-0.4, -0.2) is 106 Å². The first-order valence-corrected chi connectivity index (χ1v) is 15.2. The van der Waals surface area contributed by atoms with Crippen molar-refractivity contribution in [3.05, 3.63) is 28.5 Å². The maximum absolute atomic E-state index is 14.3. The van der Waals surface area contributed by atoms with E-state index >= 15 is 0 Å². The van der Waals surface area contributed by atoms with Crippen molar-refractivity contribution in [1.29, 1.82) is 0 Å². The summed E-state index contributed by atoms with van der Waals surface area (Å²) in [7, 11) is 6.98. The molecule has 1 aliphatic heterocycles. The summed E-state index contributed by atoms with van der Waals surface area (Å²) in [5.74, 6) is -7.47. The number of benzene rings is 1. The summed E-state index contributed by atoms with van der Waals surface area (Å²) < 4.78 is 0. The number of primary amides is 1. The fourth-order valence-electron chi connectivity index (χ4n) is 8.81. The first-order valence-electron chi connectivity index (χ1n) is 15.2. The molecular weight excluding hydrogens is 566 g/mol. The molecule has 0 radical (unpaired) electrons. The van der Waals surface area contributed by atoms with Crippen molar-refractivity contribution in [1.82, 2.24) is 10.2 Å². The number of piperidine rings is 1. The van der Waals surface area contributed by atoms with Crippen molar-refractivity contribution >= 4 is 28.8 Å². The van der Waals surface area contributed by atoms with Crippen molar-refractivity contribution in [3.63, 3.8) is 0 Å². The number of phenolic OH excluding ortho intramolecular Hbond substituents is 1. The number of hydrogen-bond acceptors (Lipinski definition) is 11. The van der Waals surface area contributed by atoms with Gasteiger partial charge in [-0.15, -0.1) is 0 Å². The second-order valence-electron chi connectivity index (χ2n) is 15.0. The maximum Gasteiger partial charge on any atom is 0.230 e. The van der Waals surface area contributed by atoms with Gasteiger partial charge in [-0.3, -0.25) is 14.4 Å². The van der Waals surface area contributed by atoms with Crippen LogP contribution in [0.4, 0.5) is 11.4 Å². The number of nitrogens with one attached hydrogen (secondary N) is 2. The highest BCUT2D eigenvalue weighted by molar-refractivity contribution is 6.17. The van der Waals surface area contributed by atoms with Crippen LogP contribution in [0.25, 0.3) is 0 Å². The van der Waals surface area contributed by atoms with E-state index in [1.807, 2.05) is 25.1 Å². The molecule has 1 aromatic rings. The van der Waals surface area contributed by atoms with Crippen LogP contribution in [-0.2, 0) is 16.0 Å². The van der Waals surface area contributed by atoms with Crippen molar-refractivity contribution in [2.75, 3.05) is 38.4 Å². The van der Waals surface area contributed by atoms with Crippen LogP contribution < -0.4 is 21.3 Å². The van der Waals surface area contributed by atoms with Gasteiger partial charge in [0.05, 0.1) is 17.4 Å². The Labute approximate surface area is 258 Å². The van der Waals surface area contributed by atoms with Gasteiger partial charge in [-0.25, -0.2) is 0 Å². The number of aromatic hydroxyl groups is 1. The zero-order valence-electron chi connectivity index (χ0n) is 26.9. The van der Waals surface area contributed by atoms with E-state index in [-0.39, 0.29) is 46.8 Å². The van der Waals surface area contributed by atoms with Gasteiger partial charge in [0.1, 0.15) is 17.4 Å². The van der Waals surface area contributed by atoms with Crippen molar-refractivity contribution < 1.29 is 34.8 Å². The largest absolute Gasteiger partial charge is 0.508 e. The lowest BCUT2D eigenvalue weighted by atomic mass is 9.56. The molecule has 1 saturated heterocycles. The molecule has 242 valence electrons.